The van der Waals surface area contributed by atoms with Gasteiger partial charge in [0.1, 0.15) is 10.8 Å². The van der Waals surface area contributed by atoms with Gasteiger partial charge in [0.25, 0.3) is 5.69 Å². The number of pyridine rings is 1. The number of nitro groups is 1. The Morgan fingerprint density at radius 2 is 2.05 bits per heavy atom. The normalized spacial score (nSPS) is 10.4. The van der Waals surface area contributed by atoms with Crippen molar-refractivity contribution in [3.63, 3.8) is 0 Å². The molecule has 1 aromatic carbocycles. The number of benzene rings is 1. The van der Waals surface area contributed by atoms with Gasteiger partial charge < -0.3 is 5.32 Å². The molecule has 0 fully saturated rings. The highest BCUT2D eigenvalue weighted by atomic mass is 35.5. The van der Waals surface area contributed by atoms with Crippen molar-refractivity contribution in [2.75, 3.05) is 11.9 Å². The van der Waals surface area contributed by atoms with Gasteiger partial charge in [-0.1, -0.05) is 23.7 Å². The molecule has 0 bridgehead atoms. The predicted molar refractivity (Wildman–Crippen MR) is 86.1 cm³/mol. The summed E-state index contributed by atoms with van der Waals surface area (Å²) in [6.07, 6.45) is 0. The van der Waals surface area contributed by atoms with Crippen LogP contribution in [0.15, 0.2) is 41.4 Å². The van der Waals surface area contributed by atoms with Crippen molar-refractivity contribution in [3.05, 3.63) is 57.1 Å². The minimum atomic E-state index is -0.408. The summed E-state index contributed by atoms with van der Waals surface area (Å²) < 4.78 is 0. The standard InChI is InChI=1S/C14H14ClN3O2S/c1-2-16-13-7-12(18(19)20)8-14(17-13)21-9-10-3-5-11(15)6-4-10/h3-8H,2,9H2,1H3,(H,16,17). The van der Waals surface area contributed by atoms with Crippen LogP contribution in [0, 0.1) is 10.1 Å². The molecular formula is C14H14ClN3O2S. The molecule has 0 amide bonds. The van der Waals surface area contributed by atoms with Crippen molar-refractivity contribution in [1.82, 2.24) is 4.98 Å². The maximum atomic E-state index is 10.9. The average molecular weight is 324 g/mol. The number of rotatable bonds is 6. The third-order valence-electron chi connectivity index (χ3n) is 2.66. The Bertz CT molecular complexity index is 635. The number of halogens is 1. The molecule has 0 atom stereocenters. The highest BCUT2D eigenvalue weighted by molar-refractivity contribution is 7.98. The molecule has 0 aliphatic heterocycles. The summed E-state index contributed by atoms with van der Waals surface area (Å²) in [6, 6.07) is 10.4. The summed E-state index contributed by atoms with van der Waals surface area (Å²) in [6.45, 7) is 2.58. The van der Waals surface area contributed by atoms with E-state index in [9.17, 15) is 10.1 Å². The first-order chi connectivity index (χ1) is 10.1. The topological polar surface area (TPSA) is 68.1 Å². The number of aromatic nitrogens is 1. The lowest BCUT2D eigenvalue weighted by atomic mass is 10.2. The van der Waals surface area contributed by atoms with Gasteiger partial charge >= 0.3 is 0 Å². The van der Waals surface area contributed by atoms with Gasteiger partial charge in [-0.2, -0.15) is 0 Å². The van der Waals surface area contributed by atoms with Gasteiger partial charge in [0, 0.05) is 23.4 Å². The van der Waals surface area contributed by atoms with Crippen molar-refractivity contribution in [3.8, 4) is 0 Å². The van der Waals surface area contributed by atoms with Crippen LogP contribution in [0.3, 0.4) is 0 Å². The predicted octanol–water partition coefficient (Wildman–Crippen LogP) is 4.37. The summed E-state index contributed by atoms with van der Waals surface area (Å²) in [4.78, 5) is 14.9. The molecule has 0 saturated carbocycles. The SMILES string of the molecule is CCNc1cc([N+](=O)[O-])cc(SCc2ccc(Cl)cc2)n1. The fourth-order valence-corrected chi connectivity index (χ4v) is 2.68. The van der Waals surface area contributed by atoms with E-state index in [-0.39, 0.29) is 5.69 Å². The molecule has 5 nitrogen and oxygen atoms in total. The van der Waals surface area contributed by atoms with Gasteiger partial charge in [-0.3, -0.25) is 10.1 Å². The maximum absolute atomic E-state index is 10.9. The first-order valence-corrected chi connectivity index (χ1v) is 7.72. The zero-order chi connectivity index (χ0) is 15.2. The van der Waals surface area contributed by atoms with Crippen molar-refractivity contribution in [2.45, 2.75) is 17.7 Å². The summed E-state index contributed by atoms with van der Waals surface area (Å²) >= 11 is 7.29. The zero-order valence-corrected chi connectivity index (χ0v) is 12.9. The van der Waals surface area contributed by atoms with Crippen LogP contribution >= 0.6 is 23.4 Å². The van der Waals surface area contributed by atoms with E-state index >= 15 is 0 Å². The van der Waals surface area contributed by atoms with Crippen molar-refractivity contribution in [1.29, 1.82) is 0 Å². The number of anilines is 1. The van der Waals surface area contributed by atoms with Gasteiger partial charge in [-0.05, 0) is 24.6 Å². The molecule has 2 aromatic rings. The number of hydrogen-bond acceptors (Lipinski definition) is 5. The summed E-state index contributed by atoms with van der Waals surface area (Å²) in [7, 11) is 0. The molecule has 1 N–H and O–H groups in total. The molecule has 0 aliphatic rings. The summed E-state index contributed by atoms with van der Waals surface area (Å²) in [5, 5.41) is 15.3. The van der Waals surface area contributed by atoms with Crippen molar-refractivity contribution < 1.29 is 4.92 Å². The summed E-state index contributed by atoms with van der Waals surface area (Å²) in [5.41, 5.74) is 1.13. The quantitative estimate of drug-likeness (QED) is 0.486. The number of nitrogens with one attached hydrogen (secondary N) is 1. The molecule has 2 rings (SSSR count). The van der Waals surface area contributed by atoms with Crippen LogP contribution in [-0.4, -0.2) is 16.5 Å². The Hall–Kier alpha value is -1.79. The lowest BCUT2D eigenvalue weighted by molar-refractivity contribution is -0.385. The summed E-state index contributed by atoms with van der Waals surface area (Å²) in [5.74, 6) is 1.20. The maximum Gasteiger partial charge on any atom is 0.275 e. The zero-order valence-electron chi connectivity index (χ0n) is 11.4. The van der Waals surface area contributed by atoms with Gasteiger partial charge in [0.2, 0.25) is 0 Å². The monoisotopic (exact) mass is 323 g/mol. The van der Waals surface area contributed by atoms with Crippen LogP contribution in [0.25, 0.3) is 0 Å². The smallest absolute Gasteiger partial charge is 0.275 e. The van der Waals surface area contributed by atoms with Gasteiger partial charge in [0.05, 0.1) is 11.0 Å². The Balaban J connectivity index is 2.14. The molecule has 0 spiro atoms. The van der Waals surface area contributed by atoms with Crippen LogP contribution in [0.2, 0.25) is 5.02 Å². The Kier molecular flexibility index (Phi) is 5.41. The minimum Gasteiger partial charge on any atom is -0.370 e. The second kappa shape index (κ2) is 7.28. The third kappa shape index (κ3) is 4.61. The highest BCUT2D eigenvalue weighted by Gasteiger charge is 2.11. The second-order valence-electron chi connectivity index (χ2n) is 4.25. The van der Waals surface area contributed by atoms with E-state index in [1.54, 1.807) is 0 Å². The molecule has 1 heterocycles. The van der Waals surface area contributed by atoms with Crippen LogP contribution in [0.4, 0.5) is 11.5 Å². The number of hydrogen-bond donors (Lipinski definition) is 1. The van der Waals surface area contributed by atoms with Crippen molar-refractivity contribution in [2.24, 2.45) is 0 Å². The van der Waals surface area contributed by atoms with E-state index in [1.807, 2.05) is 31.2 Å². The lowest BCUT2D eigenvalue weighted by Gasteiger charge is -2.06. The molecule has 0 radical (unpaired) electrons. The van der Waals surface area contributed by atoms with E-state index in [1.165, 1.54) is 23.9 Å². The molecule has 0 aliphatic carbocycles. The minimum absolute atomic E-state index is 0.0413. The average Bonchev–Trinajstić information content (AvgIpc) is 2.47. The van der Waals surface area contributed by atoms with E-state index in [0.29, 0.717) is 28.2 Å². The Morgan fingerprint density at radius 1 is 1.33 bits per heavy atom. The van der Waals surface area contributed by atoms with Crippen molar-refractivity contribution >= 4 is 34.9 Å². The number of nitrogens with zero attached hydrogens (tertiary/aromatic N) is 2. The van der Waals surface area contributed by atoms with Gasteiger partial charge in [0.15, 0.2) is 0 Å². The van der Waals surface area contributed by atoms with Gasteiger partial charge in [-0.25, -0.2) is 4.98 Å². The van der Waals surface area contributed by atoms with E-state index < -0.39 is 4.92 Å². The molecule has 0 unspecified atom stereocenters. The van der Waals surface area contributed by atoms with Crippen LogP contribution in [0.1, 0.15) is 12.5 Å². The first kappa shape index (κ1) is 15.6. The molecule has 110 valence electrons. The largest absolute Gasteiger partial charge is 0.370 e. The Labute approximate surface area is 131 Å². The van der Waals surface area contributed by atoms with Gasteiger partial charge in [-0.15, -0.1) is 11.8 Å². The molecular weight excluding hydrogens is 310 g/mol. The number of thioether (sulfide) groups is 1. The molecule has 0 saturated heterocycles. The molecule has 21 heavy (non-hydrogen) atoms. The third-order valence-corrected chi connectivity index (χ3v) is 3.89. The molecule has 7 heteroatoms. The fourth-order valence-electron chi connectivity index (χ4n) is 1.68. The lowest BCUT2D eigenvalue weighted by Crippen LogP contribution is -2.01. The van der Waals surface area contributed by atoms with E-state index in [0.717, 1.165) is 5.56 Å². The first-order valence-electron chi connectivity index (χ1n) is 6.36. The Morgan fingerprint density at radius 3 is 2.67 bits per heavy atom. The van der Waals surface area contributed by atoms with Crippen LogP contribution in [-0.2, 0) is 5.75 Å². The highest BCUT2D eigenvalue weighted by Crippen LogP contribution is 2.27. The fraction of sp³-hybridized carbons (Fsp3) is 0.214. The van der Waals surface area contributed by atoms with E-state index in [4.69, 9.17) is 11.6 Å². The van der Waals surface area contributed by atoms with Crippen LogP contribution < -0.4 is 5.32 Å². The van der Waals surface area contributed by atoms with Crippen LogP contribution in [0.5, 0.6) is 0 Å². The second-order valence-corrected chi connectivity index (χ2v) is 5.68. The van der Waals surface area contributed by atoms with E-state index in [2.05, 4.69) is 10.3 Å². The molecule has 1 aromatic heterocycles.